The molecule has 0 radical (unpaired) electrons. The average Bonchev–Trinajstić information content (AvgIpc) is 2.46. The molecule has 0 unspecified atom stereocenters. The first kappa shape index (κ1) is 17.8. The van der Waals surface area contributed by atoms with Crippen LogP contribution in [0.1, 0.15) is 31.9 Å². The van der Waals surface area contributed by atoms with E-state index in [9.17, 15) is 18.0 Å². The Kier molecular flexibility index (Phi) is 5.04. The number of halogens is 3. The van der Waals surface area contributed by atoms with Gasteiger partial charge in [0, 0.05) is 38.1 Å². The SMILES string of the molecule is CC(C)(C)C(=O)N1CCN(Cc2ccccc2C(F)(F)F)CC1. The smallest absolute Gasteiger partial charge is 0.340 e. The average molecular weight is 328 g/mol. The van der Waals surface area contributed by atoms with Crippen molar-refractivity contribution >= 4 is 5.91 Å². The lowest BCUT2D eigenvalue weighted by Crippen LogP contribution is -2.51. The lowest BCUT2D eigenvalue weighted by atomic mass is 9.94. The number of amides is 1. The molecule has 1 aromatic carbocycles. The fraction of sp³-hybridized carbons (Fsp3) is 0.588. The predicted molar refractivity (Wildman–Crippen MR) is 82.8 cm³/mol. The molecule has 0 spiro atoms. The fourth-order valence-corrected chi connectivity index (χ4v) is 2.76. The van der Waals surface area contributed by atoms with Crippen molar-refractivity contribution in [3.05, 3.63) is 35.4 Å². The van der Waals surface area contributed by atoms with Gasteiger partial charge in [-0.3, -0.25) is 9.69 Å². The third-order valence-electron chi connectivity index (χ3n) is 4.02. The second kappa shape index (κ2) is 6.51. The molecular weight excluding hydrogens is 305 g/mol. The minimum absolute atomic E-state index is 0.0906. The molecule has 1 heterocycles. The Morgan fingerprint density at radius 1 is 1.04 bits per heavy atom. The highest BCUT2D eigenvalue weighted by Gasteiger charge is 2.34. The molecule has 0 bridgehead atoms. The van der Waals surface area contributed by atoms with Crippen molar-refractivity contribution in [1.82, 2.24) is 9.80 Å². The third kappa shape index (κ3) is 4.47. The van der Waals surface area contributed by atoms with Gasteiger partial charge in [0.2, 0.25) is 5.91 Å². The standard InChI is InChI=1S/C17H23F3N2O/c1-16(2,3)15(23)22-10-8-21(9-11-22)12-13-6-4-5-7-14(13)17(18,19)20/h4-7H,8-12H2,1-3H3. The van der Waals surface area contributed by atoms with Crippen molar-refractivity contribution in [2.24, 2.45) is 5.41 Å². The summed E-state index contributed by atoms with van der Waals surface area (Å²) in [5, 5.41) is 0. The van der Waals surface area contributed by atoms with E-state index in [1.807, 2.05) is 25.7 Å². The number of hydrogen-bond donors (Lipinski definition) is 0. The molecule has 1 aromatic rings. The second-order valence-corrected chi connectivity index (χ2v) is 6.97. The normalized spacial score (nSPS) is 17.4. The number of benzene rings is 1. The highest BCUT2D eigenvalue weighted by atomic mass is 19.4. The number of carbonyl (C=O) groups excluding carboxylic acids is 1. The second-order valence-electron chi connectivity index (χ2n) is 6.97. The van der Waals surface area contributed by atoms with E-state index in [1.165, 1.54) is 12.1 Å². The van der Waals surface area contributed by atoms with Gasteiger partial charge in [0.15, 0.2) is 0 Å². The maximum Gasteiger partial charge on any atom is 0.416 e. The summed E-state index contributed by atoms with van der Waals surface area (Å²) in [7, 11) is 0. The maximum atomic E-state index is 13.0. The van der Waals surface area contributed by atoms with Crippen molar-refractivity contribution in [1.29, 1.82) is 0 Å². The van der Waals surface area contributed by atoms with E-state index in [-0.39, 0.29) is 18.0 Å². The van der Waals surface area contributed by atoms with E-state index in [2.05, 4.69) is 0 Å². The van der Waals surface area contributed by atoms with Crippen molar-refractivity contribution in [2.75, 3.05) is 26.2 Å². The zero-order valence-electron chi connectivity index (χ0n) is 13.8. The van der Waals surface area contributed by atoms with Crippen LogP contribution in [0.5, 0.6) is 0 Å². The number of rotatable bonds is 2. The molecule has 0 N–H and O–H groups in total. The summed E-state index contributed by atoms with van der Waals surface area (Å²) >= 11 is 0. The van der Waals surface area contributed by atoms with Crippen LogP contribution in [0.25, 0.3) is 0 Å². The molecule has 0 aliphatic carbocycles. The minimum atomic E-state index is -4.33. The summed E-state index contributed by atoms with van der Waals surface area (Å²) in [6.45, 7) is 8.19. The van der Waals surface area contributed by atoms with Crippen LogP contribution < -0.4 is 0 Å². The van der Waals surface area contributed by atoms with Gasteiger partial charge in [-0.25, -0.2) is 0 Å². The first-order valence-electron chi connectivity index (χ1n) is 7.76. The van der Waals surface area contributed by atoms with Crippen LogP contribution in [0.2, 0.25) is 0 Å². The van der Waals surface area contributed by atoms with Gasteiger partial charge in [-0.1, -0.05) is 39.0 Å². The van der Waals surface area contributed by atoms with Gasteiger partial charge in [0.25, 0.3) is 0 Å². The maximum absolute atomic E-state index is 13.0. The zero-order valence-corrected chi connectivity index (χ0v) is 13.8. The topological polar surface area (TPSA) is 23.6 Å². The molecule has 1 saturated heterocycles. The lowest BCUT2D eigenvalue weighted by molar-refractivity contribution is -0.141. The van der Waals surface area contributed by atoms with Crippen molar-refractivity contribution in [3.8, 4) is 0 Å². The molecule has 0 atom stereocenters. The third-order valence-corrected chi connectivity index (χ3v) is 4.02. The highest BCUT2D eigenvalue weighted by molar-refractivity contribution is 5.81. The van der Waals surface area contributed by atoms with Gasteiger partial charge in [0.1, 0.15) is 0 Å². The van der Waals surface area contributed by atoms with E-state index >= 15 is 0 Å². The Hall–Kier alpha value is -1.56. The number of piperazine rings is 1. The Labute approximate surface area is 135 Å². The van der Waals surface area contributed by atoms with Gasteiger partial charge in [0.05, 0.1) is 5.56 Å². The summed E-state index contributed by atoms with van der Waals surface area (Å²) in [5.74, 6) is 0.0906. The van der Waals surface area contributed by atoms with Crippen molar-refractivity contribution in [2.45, 2.75) is 33.5 Å². The van der Waals surface area contributed by atoms with Crippen LogP contribution in [0, 0.1) is 5.41 Å². The minimum Gasteiger partial charge on any atom is -0.340 e. The Bertz CT molecular complexity index is 556. The summed E-state index contributed by atoms with van der Waals surface area (Å²) in [5.41, 5.74) is -0.714. The molecule has 2 rings (SSSR count). The number of carbonyl (C=O) groups is 1. The Morgan fingerprint density at radius 3 is 2.13 bits per heavy atom. The van der Waals surface area contributed by atoms with Crippen LogP contribution in [0.15, 0.2) is 24.3 Å². The molecule has 128 valence electrons. The molecule has 1 amide bonds. The summed E-state index contributed by atoms with van der Waals surface area (Å²) < 4.78 is 39.1. The van der Waals surface area contributed by atoms with Crippen molar-refractivity contribution < 1.29 is 18.0 Å². The fourth-order valence-electron chi connectivity index (χ4n) is 2.76. The van der Waals surface area contributed by atoms with E-state index < -0.39 is 17.2 Å². The van der Waals surface area contributed by atoms with Crippen molar-refractivity contribution in [3.63, 3.8) is 0 Å². The van der Waals surface area contributed by atoms with E-state index in [0.717, 1.165) is 6.07 Å². The molecule has 1 aliphatic heterocycles. The lowest BCUT2D eigenvalue weighted by Gasteiger charge is -2.37. The van der Waals surface area contributed by atoms with Crippen LogP contribution in [0.4, 0.5) is 13.2 Å². The van der Waals surface area contributed by atoms with Gasteiger partial charge in [-0.2, -0.15) is 13.2 Å². The number of nitrogens with zero attached hydrogens (tertiary/aromatic N) is 2. The highest BCUT2D eigenvalue weighted by Crippen LogP contribution is 2.32. The van der Waals surface area contributed by atoms with Crippen LogP contribution in [-0.4, -0.2) is 41.9 Å². The van der Waals surface area contributed by atoms with Crippen LogP contribution >= 0.6 is 0 Å². The van der Waals surface area contributed by atoms with Gasteiger partial charge >= 0.3 is 6.18 Å². The number of alkyl halides is 3. The van der Waals surface area contributed by atoms with Gasteiger partial charge < -0.3 is 4.90 Å². The Morgan fingerprint density at radius 2 is 1.61 bits per heavy atom. The van der Waals surface area contributed by atoms with Gasteiger partial charge in [-0.05, 0) is 11.6 Å². The first-order chi connectivity index (χ1) is 10.6. The van der Waals surface area contributed by atoms with Crippen LogP contribution in [-0.2, 0) is 17.5 Å². The summed E-state index contributed by atoms with van der Waals surface area (Å²) in [6, 6.07) is 5.68. The first-order valence-corrected chi connectivity index (χ1v) is 7.76. The molecule has 23 heavy (non-hydrogen) atoms. The Balaban J connectivity index is 1.99. The summed E-state index contributed by atoms with van der Waals surface area (Å²) in [6.07, 6.45) is -4.33. The largest absolute Gasteiger partial charge is 0.416 e. The molecule has 0 aromatic heterocycles. The molecule has 6 heteroatoms. The summed E-state index contributed by atoms with van der Waals surface area (Å²) in [4.78, 5) is 16.0. The molecular formula is C17H23F3N2O. The molecule has 1 fully saturated rings. The van der Waals surface area contributed by atoms with E-state index in [1.54, 1.807) is 11.0 Å². The van der Waals surface area contributed by atoms with Gasteiger partial charge in [-0.15, -0.1) is 0 Å². The van der Waals surface area contributed by atoms with E-state index in [4.69, 9.17) is 0 Å². The number of hydrogen-bond acceptors (Lipinski definition) is 2. The molecule has 0 saturated carbocycles. The predicted octanol–water partition coefficient (Wildman–Crippen LogP) is 3.40. The monoisotopic (exact) mass is 328 g/mol. The zero-order chi connectivity index (χ0) is 17.3. The van der Waals surface area contributed by atoms with E-state index in [0.29, 0.717) is 26.2 Å². The molecule has 1 aliphatic rings. The quantitative estimate of drug-likeness (QED) is 0.831. The molecule has 3 nitrogen and oxygen atoms in total. The van der Waals surface area contributed by atoms with Crippen LogP contribution in [0.3, 0.4) is 0 Å².